The van der Waals surface area contributed by atoms with E-state index in [1.807, 2.05) is 30.3 Å². The van der Waals surface area contributed by atoms with Gasteiger partial charge < -0.3 is 5.11 Å². The second-order valence-electron chi connectivity index (χ2n) is 2.38. The Morgan fingerprint density at radius 3 is 2.31 bits per heavy atom. The van der Waals surface area contributed by atoms with Gasteiger partial charge in [0.25, 0.3) is 0 Å². The van der Waals surface area contributed by atoms with Crippen LogP contribution < -0.4 is 0 Å². The summed E-state index contributed by atoms with van der Waals surface area (Å²) in [5, 5.41) is 8.37. The van der Waals surface area contributed by atoms with Crippen LogP contribution in [0.3, 0.4) is 0 Å². The maximum Gasteiger partial charge on any atom is 0.303 e. The van der Waals surface area contributed by atoms with Crippen molar-refractivity contribution >= 4 is 18.6 Å². The molecule has 1 aromatic rings. The summed E-state index contributed by atoms with van der Waals surface area (Å²) in [6.45, 7) is 0. The molecule has 0 atom stereocenters. The average Bonchev–Trinajstić information content (AvgIpc) is 2.19. The van der Waals surface area contributed by atoms with E-state index in [4.69, 9.17) is 5.11 Å². The van der Waals surface area contributed by atoms with Crippen LogP contribution in [0.5, 0.6) is 0 Å². The van der Waals surface area contributed by atoms with E-state index in [1.165, 1.54) is 0 Å². The van der Waals surface area contributed by atoms with Crippen molar-refractivity contribution in [2.24, 2.45) is 0 Å². The number of carboxylic acid groups (broad SMARTS) is 1. The molecule has 3 heteroatoms. The van der Waals surface area contributed by atoms with Gasteiger partial charge in [0, 0.05) is 6.42 Å². The van der Waals surface area contributed by atoms with Gasteiger partial charge in [0.15, 0.2) is 0 Å². The number of hydrogen-bond donors (Lipinski definition) is 2. The Labute approximate surface area is 84.0 Å². The molecule has 1 aromatic carbocycles. The summed E-state index contributed by atoms with van der Waals surface area (Å²) in [5.74, 6) is -0.742. The summed E-state index contributed by atoms with van der Waals surface area (Å²) in [5.41, 5.74) is 1.08. The van der Waals surface area contributed by atoms with Crippen molar-refractivity contribution in [3.8, 4) is 0 Å². The minimum atomic E-state index is -0.742. The summed E-state index contributed by atoms with van der Waals surface area (Å²) in [4.78, 5) is 10.2. The van der Waals surface area contributed by atoms with Gasteiger partial charge in [-0.1, -0.05) is 30.3 Å². The van der Waals surface area contributed by atoms with Gasteiger partial charge >= 0.3 is 5.97 Å². The van der Waals surface area contributed by atoms with E-state index in [-0.39, 0.29) is 6.42 Å². The fourth-order valence-electron chi connectivity index (χ4n) is 0.896. The van der Waals surface area contributed by atoms with Crippen molar-refractivity contribution in [3.63, 3.8) is 0 Å². The van der Waals surface area contributed by atoms with Gasteiger partial charge in [0.05, 0.1) is 0 Å². The highest BCUT2D eigenvalue weighted by molar-refractivity contribution is 7.79. The van der Waals surface area contributed by atoms with Crippen molar-refractivity contribution in [1.29, 1.82) is 0 Å². The molecule has 0 aliphatic heterocycles. The lowest BCUT2D eigenvalue weighted by molar-refractivity contribution is -0.136. The highest BCUT2D eigenvalue weighted by Crippen LogP contribution is 2.01. The predicted molar refractivity (Wildman–Crippen MR) is 57.3 cm³/mol. The smallest absolute Gasteiger partial charge is 0.303 e. The van der Waals surface area contributed by atoms with Crippen molar-refractivity contribution in [2.75, 3.05) is 6.26 Å². The topological polar surface area (TPSA) is 37.3 Å². The van der Waals surface area contributed by atoms with Gasteiger partial charge in [-0.15, -0.1) is 0 Å². The van der Waals surface area contributed by atoms with Crippen molar-refractivity contribution in [2.45, 2.75) is 12.8 Å². The molecule has 1 rings (SSSR count). The quantitative estimate of drug-likeness (QED) is 0.731. The minimum absolute atomic E-state index is 0.212. The number of hydrogen-bond acceptors (Lipinski definition) is 2. The molecule has 0 aliphatic carbocycles. The summed E-state index contributed by atoms with van der Waals surface area (Å²) in [6, 6.07) is 9.62. The molecule has 0 saturated carbocycles. The highest BCUT2D eigenvalue weighted by Gasteiger charge is 1.96. The molecule has 2 nitrogen and oxygen atoms in total. The first-order valence-corrected chi connectivity index (χ1v) is 4.89. The van der Waals surface area contributed by atoms with E-state index in [0.717, 1.165) is 5.56 Å². The van der Waals surface area contributed by atoms with Crippen molar-refractivity contribution in [3.05, 3.63) is 35.9 Å². The molecule has 13 heavy (non-hydrogen) atoms. The zero-order valence-corrected chi connectivity index (χ0v) is 8.50. The highest BCUT2D eigenvalue weighted by atomic mass is 32.1. The number of carbonyl (C=O) groups is 1. The van der Waals surface area contributed by atoms with Gasteiger partial charge in [0.2, 0.25) is 0 Å². The molecule has 0 heterocycles. The Balaban J connectivity index is 0.000000671. The first kappa shape index (κ1) is 12.0. The van der Waals surface area contributed by atoms with Gasteiger partial charge in [0.1, 0.15) is 0 Å². The van der Waals surface area contributed by atoms with E-state index in [1.54, 1.807) is 6.26 Å². The third-order valence-electron chi connectivity index (χ3n) is 1.47. The predicted octanol–water partition coefficient (Wildman–Crippen LogP) is 2.25. The SMILES string of the molecule is CS.O=C(O)CCc1ccccc1. The molecular weight excluding hydrogens is 184 g/mol. The number of aliphatic carboxylic acids is 1. The monoisotopic (exact) mass is 198 g/mol. The Hall–Kier alpha value is -0.960. The number of aryl methyl sites for hydroxylation is 1. The van der Waals surface area contributed by atoms with Crippen LogP contribution in [0.1, 0.15) is 12.0 Å². The van der Waals surface area contributed by atoms with Crippen LogP contribution in [0.2, 0.25) is 0 Å². The van der Waals surface area contributed by atoms with E-state index < -0.39 is 5.97 Å². The Morgan fingerprint density at radius 2 is 1.85 bits per heavy atom. The van der Waals surface area contributed by atoms with Crippen LogP contribution in [-0.2, 0) is 11.2 Å². The molecule has 0 fully saturated rings. The molecule has 0 unspecified atom stereocenters. The maximum atomic E-state index is 10.2. The average molecular weight is 198 g/mol. The number of benzene rings is 1. The van der Waals surface area contributed by atoms with Crippen LogP contribution in [0, 0.1) is 0 Å². The molecule has 0 radical (unpaired) electrons. The lowest BCUT2D eigenvalue weighted by Gasteiger charge is -1.95. The Bertz CT molecular complexity index is 234. The van der Waals surface area contributed by atoms with Crippen LogP contribution >= 0.6 is 12.6 Å². The van der Waals surface area contributed by atoms with Crippen molar-refractivity contribution < 1.29 is 9.90 Å². The van der Waals surface area contributed by atoms with Gasteiger partial charge in [-0.2, -0.15) is 12.6 Å². The largest absolute Gasteiger partial charge is 0.481 e. The van der Waals surface area contributed by atoms with E-state index in [9.17, 15) is 4.79 Å². The summed E-state index contributed by atoms with van der Waals surface area (Å²) in [6.07, 6.45) is 2.53. The second kappa shape index (κ2) is 7.68. The Kier molecular flexibility index (Phi) is 7.11. The van der Waals surface area contributed by atoms with Crippen molar-refractivity contribution in [1.82, 2.24) is 0 Å². The normalized spacial score (nSPS) is 8.46. The van der Waals surface area contributed by atoms with Crippen LogP contribution in [0.15, 0.2) is 30.3 Å². The third-order valence-corrected chi connectivity index (χ3v) is 1.47. The molecule has 0 saturated heterocycles. The first-order chi connectivity index (χ1) is 6.29. The zero-order valence-electron chi connectivity index (χ0n) is 7.60. The molecule has 72 valence electrons. The van der Waals surface area contributed by atoms with Crippen LogP contribution in [0.25, 0.3) is 0 Å². The van der Waals surface area contributed by atoms with Gasteiger partial charge in [-0.05, 0) is 18.2 Å². The number of rotatable bonds is 3. The molecule has 0 aromatic heterocycles. The van der Waals surface area contributed by atoms with Crippen LogP contribution in [0.4, 0.5) is 0 Å². The molecule has 1 N–H and O–H groups in total. The van der Waals surface area contributed by atoms with Gasteiger partial charge in [-0.3, -0.25) is 4.79 Å². The molecule has 0 amide bonds. The first-order valence-electron chi connectivity index (χ1n) is 3.99. The molecular formula is C10H14O2S. The molecule has 0 spiro atoms. The summed E-state index contributed by atoms with van der Waals surface area (Å²) in [7, 11) is 0. The zero-order chi connectivity index (χ0) is 10.1. The van der Waals surface area contributed by atoms with E-state index in [2.05, 4.69) is 12.6 Å². The lowest BCUT2D eigenvalue weighted by atomic mass is 10.1. The van der Waals surface area contributed by atoms with Gasteiger partial charge in [-0.25, -0.2) is 0 Å². The minimum Gasteiger partial charge on any atom is -0.481 e. The fourth-order valence-corrected chi connectivity index (χ4v) is 0.896. The second-order valence-corrected chi connectivity index (χ2v) is 2.38. The Morgan fingerprint density at radius 1 is 1.31 bits per heavy atom. The third kappa shape index (κ3) is 6.22. The maximum absolute atomic E-state index is 10.2. The fraction of sp³-hybridized carbons (Fsp3) is 0.300. The lowest BCUT2D eigenvalue weighted by Crippen LogP contribution is -1.96. The molecule has 0 aliphatic rings. The van der Waals surface area contributed by atoms with E-state index in [0.29, 0.717) is 6.42 Å². The number of thiol groups is 1. The summed E-state index contributed by atoms with van der Waals surface area (Å²) < 4.78 is 0. The summed E-state index contributed by atoms with van der Waals surface area (Å²) >= 11 is 3.53. The standard InChI is InChI=1S/C9H10O2.CH4S/c10-9(11)7-6-8-4-2-1-3-5-8;1-2/h1-5H,6-7H2,(H,10,11);2H,1H3. The van der Waals surface area contributed by atoms with E-state index >= 15 is 0 Å². The molecule has 0 bridgehead atoms. The van der Waals surface area contributed by atoms with Crippen LogP contribution in [-0.4, -0.2) is 17.3 Å². The number of carboxylic acids is 1.